The molecule has 0 radical (unpaired) electrons. The van der Waals surface area contributed by atoms with Gasteiger partial charge in [-0.05, 0) is 76.6 Å². The van der Waals surface area contributed by atoms with Crippen LogP contribution in [0.3, 0.4) is 0 Å². The van der Waals surface area contributed by atoms with E-state index in [0.717, 1.165) is 11.1 Å². The second-order valence-corrected chi connectivity index (χ2v) is 9.67. The van der Waals surface area contributed by atoms with Crippen LogP contribution in [0.2, 0.25) is 10.0 Å². The normalized spacial score (nSPS) is 11.7. The van der Waals surface area contributed by atoms with Gasteiger partial charge in [-0.3, -0.25) is 4.79 Å². The lowest BCUT2D eigenvalue weighted by molar-refractivity contribution is -0.145. The summed E-state index contributed by atoms with van der Waals surface area (Å²) in [6, 6.07) is 20.8. The van der Waals surface area contributed by atoms with Gasteiger partial charge in [-0.2, -0.15) is 5.26 Å². The summed E-state index contributed by atoms with van der Waals surface area (Å²) in [7, 11) is 0. The van der Waals surface area contributed by atoms with Crippen molar-refractivity contribution in [3.63, 3.8) is 0 Å². The molecule has 0 aromatic heterocycles. The third-order valence-electron chi connectivity index (χ3n) is 5.00. The molecular weight excluding hydrogens is 624 g/mol. The van der Waals surface area contributed by atoms with Crippen LogP contribution in [0.15, 0.2) is 85.0 Å². The highest BCUT2D eigenvalue weighted by Crippen LogP contribution is 2.31. The van der Waals surface area contributed by atoms with E-state index in [-0.39, 0.29) is 18.9 Å². The number of ether oxygens (including phenoxy) is 1. The predicted octanol–water partition coefficient (Wildman–Crippen LogP) is 7.24. The highest BCUT2D eigenvalue weighted by Gasteiger charge is 2.21. The predicted molar refractivity (Wildman–Crippen MR) is 156 cm³/mol. The van der Waals surface area contributed by atoms with Crippen molar-refractivity contribution >= 4 is 75.1 Å². The summed E-state index contributed by atoms with van der Waals surface area (Å²) >= 11 is 14.5. The smallest absolute Gasteiger partial charge is 0.329 e. The lowest BCUT2D eigenvalue weighted by atomic mass is 10.1. The second-order valence-electron chi connectivity index (χ2n) is 7.75. The number of benzene rings is 3. The number of anilines is 2. The van der Waals surface area contributed by atoms with Crippen molar-refractivity contribution in [1.29, 1.82) is 5.26 Å². The maximum atomic E-state index is 13.0. The SMILES string of the molecule is N#C/C=C/c1ccc(NC(=O)/C=C/CC(Nc2cc(Cl)cc(Cl)c2I)C(=O)OCc2ccccc2)cc1. The molecule has 0 aliphatic heterocycles. The number of esters is 1. The molecule has 1 unspecified atom stereocenters. The molecule has 0 heterocycles. The number of carbonyl (C=O) groups is 2. The van der Waals surface area contributed by atoms with E-state index in [2.05, 4.69) is 33.2 Å². The molecule has 0 aliphatic rings. The molecule has 9 heteroatoms. The molecule has 2 N–H and O–H groups in total. The number of rotatable bonds is 10. The van der Waals surface area contributed by atoms with Crippen LogP contribution in [0.25, 0.3) is 6.08 Å². The van der Waals surface area contributed by atoms with Gasteiger partial charge in [-0.1, -0.05) is 71.7 Å². The van der Waals surface area contributed by atoms with Crippen molar-refractivity contribution in [2.24, 2.45) is 0 Å². The van der Waals surface area contributed by atoms with Crippen molar-refractivity contribution in [2.75, 3.05) is 10.6 Å². The van der Waals surface area contributed by atoms with E-state index in [9.17, 15) is 9.59 Å². The number of hydrogen-bond acceptors (Lipinski definition) is 5. The van der Waals surface area contributed by atoms with Crippen molar-refractivity contribution < 1.29 is 14.3 Å². The van der Waals surface area contributed by atoms with Crippen LogP contribution >= 0.6 is 45.8 Å². The summed E-state index contributed by atoms with van der Waals surface area (Å²) in [5.41, 5.74) is 2.89. The van der Waals surface area contributed by atoms with E-state index in [0.29, 0.717) is 25.0 Å². The zero-order valence-corrected chi connectivity index (χ0v) is 23.1. The van der Waals surface area contributed by atoms with Gasteiger partial charge in [0.15, 0.2) is 0 Å². The van der Waals surface area contributed by atoms with Crippen molar-refractivity contribution in [3.05, 3.63) is 110 Å². The molecule has 0 aliphatic carbocycles. The largest absolute Gasteiger partial charge is 0.459 e. The fourth-order valence-corrected chi connectivity index (χ4v) is 4.16. The topological polar surface area (TPSA) is 91.2 Å². The van der Waals surface area contributed by atoms with Crippen LogP contribution in [0.5, 0.6) is 0 Å². The fraction of sp³-hybridized carbons (Fsp3) is 0.107. The van der Waals surface area contributed by atoms with E-state index in [4.69, 9.17) is 33.2 Å². The van der Waals surface area contributed by atoms with Gasteiger partial charge in [0.2, 0.25) is 5.91 Å². The molecule has 3 aromatic rings. The van der Waals surface area contributed by atoms with Gasteiger partial charge in [-0.25, -0.2) is 4.79 Å². The molecule has 0 spiro atoms. The third-order valence-corrected chi connectivity index (χ3v) is 7.00. The van der Waals surface area contributed by atoms with E-state index in [1.54, 1.807) is 48.6 Å². The first-order chi connectivity index (χ1) is 17.9. The maximum Gasteiger partial charge on any atom is 0.329 e. The number of hydrogen-bond donors (Lipinski definition) is 2. The van der Waals surface area contributed by atoms with E-state index in [1.165, 1.54) is 12.2 Å². The quantitative estimate of drug-likeness (QED) is 0.0797. The lowest BCUT2D eigenvalue weighted by Gasteiger charge is -2.19. The minimum Gasteiger partial charge on any atom is -0.459 e. The summed E-state index contributed by atoms with van der Waals surface area (Å²) in [5.74, 6) is -0.834. The average molecular weight is 646 g/mol. The number of allylic oxidation sites excluding steroid dienone is 1. The Hall–Kier alpha value is -3.32. The number of nitrogens with one attached hydrogen (secondary N) is 2. The molecule has 37 heavy (non-hydrogen) atoms. The van der Waals surface area contributed by atoms with Gasteiger partial charge in [0, 0.05) is 16.8 Å². The van der Waals surface area contributed by atoms with Crippen LogP contribution in [0.4, 0.5) is 11.4 Å². The highest BCUT2D eigenvalue weighted by molar-refractivity contribution is 14.1. The van der Waals surface area contributed by atoms with Crippen LogP contribution in [-0.4, -0.2) is 17.9 Å². The molecule has 0 bridgehead atoms. The standard InChI is InChI=1S/C28H22Cl2IN3O3/c29-21-16-23(30)27(31)25(17-21)34-24(28(36)37-18-20-6-2-1-3-7-20)9-4-10-26(35)33-22-13-11-19(12-14-22)8-5-15-32/h1-8,10-14,16-17,24,34H,9,18H2,(H,33,35)/b8-5+,10-4+. The summed E-state index contributed by atoms with van der Waals surface area (Å²) in [4.78, 5) is 25.4. The Labute approximate surface area is 239 Å². The number of nitriles is 1. The first-order valence-corrected chi connectivity index (χ1v) is 12.9. The van der Waals surface area contributed by atoms with Crippen LogP contribution in [0.1, 0.15) is 17.5 Å². The summed E-state index contributed by atoms with van der Waals surface area (Å²) in [5, 5.41) is 15.4. The van der Waals surface area contributed by atoms with Gasteiger partial charge in [0.25, 0.3) is 0 Å². The van der Waals surface area contributed by atoms with Gasteiger partial charge in [0.05, 0.1) is 20.3 Å². The van der Waals surface area contributed by atoms with Crippen LogP contribution in [0, 0.1) is 14.9 Å². The fourth-order valence-electron chi connectivity index (χ4n) is 3.20. The van der Waals surface area contributed by atoms with Crippen molar-refractivity contribution in [1.82, 2.24) is 0 Å². The molecule has 3 aromatic carbocycles. The Morgan fingerprint density at radius 2 is 1.81 bits per heavy atom. The lowest BCUT2D eigenvalue weighted by Crippen LogP contribution is -2.31. The Balaban J connectivity index is 1.67. The average Bonchev–Trinajstić information content (AvgIpc) is 2.89. The molecule has 0 fully saturated rings. The second kappa shape index (κ2) is 14.4. The minimum atomic E-state index is -0.790. The Kier molecular flexibility index (Phi) is 11.0. The van der Waals surface area contributed by atoms with E-state index < -0.39 is 12.0 Å². The Bertz CT molecular complexity index is 1340. The Morgan fingerprint density at radius 3 is 2.51 bits per heavy atom. The van der Waals surface area contributed by atoms with E-state index in [1.807, 2.05) is 36.4 Å². The summed E-state index contributed by atoms with van der Waals surface area (Å²) < 4.78 is 6.23. The monoisotopic (exact) mass is 645 g/mol. The van der Waals surface area contributed by atoms with Gasteiger partial charge in [0.1, 0.15) is 12.6 Å². The van der Waals surface area contributed by atoms with Gasteiger partial charge >= 0.3 is 5.97 Å². The van der Waals surface area contributed by atoms with Crippen LogP contribution in [-0.2, 0) is 20.9 Å². The zero-order chi connectivity index (χ0) is 26.6. The summed E-state index contributed by atoms with van der Waals surface area (Å²) in [6.07, 6.45) is 6.19. The van der Waals surface area contributed by atoms with Crippen LogP contribution < -0.4 is 10.6 Å². The minimum absolute atomic E-state index is 0.120. The maximum absolute atomic E-state index is 13.0. The van der Waals surface area contributed by atoms with Crippen molar-refractivity contribution in [3.8, 4) is 6.07 Å². The molecular formula is C28H22Cl2IN3O3. The first-order valence-electron chi connectivity index (χ1n) is 11.1. The van der Waals surface area contributed by atoms with E-state index >= 15 is 0 Å². The molecule has 188 valence electrons. The highest BCUT2D eigenvalue weighted by atomic mass is 127. The van der Waals surface area contributed by atoms with Gasteiger partial charge in [-0.15, -0.1) is 0 Å². The number of halogens is 3. The molecule has 0 saturated carbocycles. The summed E-state index contributed by atoms with van der Waals surface area (Å²) in [6.45, 7) is 0.120. The number of nitrogens with zero attached hydrogens (tertiary/aromatic N) is 1. The molecule has 3 rings (SSSR count). The number of amides is 1. The van der Waals surface area contributed by atoms with Crippen molar-refractivity contribution in [2.45, 2.75) is 19.1 Å². The molecule has 1 atom stereocenters. The number of carbonyl (C=O) groups excluding carboxylic acids is 2. The molecule has 6 nitrogen and oxygen atoms in total. The zero-order valence-electron chi connectivity index (χ0n) is 19.5. The molecule has 1 amide bonds. The van der Waals surface area contributed by atoms with Gasteiger partial charge < -0.3 is 15.4 Å². The third kappa shape index (κ3) is 9.25. The first kappa shape index (κ1) is 28.3. The molecule has 0 saturated heterocycles. The Morgan fingerprint density at radius 1 is 1.08 bits per heavy atom.